The molecule has 1 aliphatic rings. The van der Waals surface area contributed by atoms with Gasteiger partial charge < -0.3 is 13.7 Å². The summed E-state index contributed by atoms with van der Waals surface area (Å²) in [7, 11) is 3.76. The monoisotopic (exact) mass is 487 g/mol. The van der Waals surface area contributed by atoms with Crippen molar-refractivity contribution < 1.29 is 9.15 Å². The van der Waals surface area contributed by atoms with E-state index in [4.69, 9.17) is 14.1 Å². The van der Waals surface area contributed by atoms with Crippen LogP contribution in [0.1, 0.15) is 44.8 Å². The van der Waals surface area contributed by atoms with Crippen molar-refractivity contribution in [3.63, 3.8) is 0 Å². The zero-order valence-electron chi connectivity index (χ0n) is 21.1. The Bertz CT molecular complexity index is 1660. The number of pyridine rings is 1. The van der Waals surface area contributed by atoms with E-state index in [1.54, 1.807) is 17.2 Å². The Morgan fingerprint density at radius 2 is 1.94 bits per heavy atom. The summed E-state index contributed by atoms with van der Waals surface area (Å²) in [6.45, 7) is 6.10. The lowest BCUT2D eigenvalue weighted by Crippen LogP contribution is -2.37. The van der Waals surface area contributed by atoms with Gasteiger partial charge in [-0.25, -0.2) is 14.8 Å². The Kier molecular flexibility index (Phi) is 5.29. The van der Waals surface area contributed by atoms with Crippen molar-refractivity contribution in [3.05, 3.63) is 47.2 Å². The number of hydrogen-bond donors (Lipinski definition) is 0. The molecule has 0 N–H and O–H groups in total. The first-order valence-electron chi connectivity index (χ1n) is 12.3. The summed E-state index contributed by atoms with van der Waals surface area (Å²) in [6, 6.07) is 1.91. The van der Waals surface area contributed by atoms with Gasteiger partial charge in [-0.1, -0.05) is 6.92 Å². The van der Waals surface area contributed by atoms with Crippen LogP contribution in [0.25, 0.3) is 44.7 Å². The molecule has 3 atom stereocenters. The van der Waals surface area contributed by atoms with Crippen LogP contribution in [0.5, 0.6) is 0 Å². The van der Waals surface area contributed by atoms with E-state index < -0.39 is 0 Å². The minimum Gasteiger partial charge on any atom is -0.450 e. The lowest BCUT2D eigenvalue weighted by molar-refractivity contribution is -0.0594. The standard InChI is InChI=1S/C26H29N7O3/c1-6-18-8-17(7-14(2)35-18)33-23-19-9-20(21-12-31(4)13-27-21)29-15(3)24(19)36-25(23)22(30-26(33)34)16-10-28-32(5)11-16/h9-14,17-18H,6-8H2,1-5H3/t14-,17+,18+/m1/s1. The number of aryl methyl sites for hydroxylation is 3. The van der Waals surface area contributed by atoms with Gasteiger partial charge in [0.05, 0.1) is 36.1 Å². The van der Waals surface area contributed by atoms with Crippen molar-refractivity contribution in [2.75, 3.05) is 0 Å². The molecule has 1 fully saturated rings. The fourth-order valence-corrected chi connectivity index (χ4v) is 5.38. The van der Waals surface area contributed by atoms with Gasteiger partial charge in [0, 0.05) is 43.5 Å². The van der Waals surface area contributed by atoms with Gasteiger partial charge in [-0.05, 0) is 39.2 Å². The average Bonchev–Trinajstić information content (AvgIpc) is 3.57. The molecule has 186 valence electrons. The van der Waals surface area contributed by atoms with Crippen molar-refractivity contribution in [2.24, 2.45) is 14.1 Å². The van der Waals surface area contributed by atoms with Crippen LogP contribution in [0.4, 0.5) is 0 Å². The molecular weight excluding hydrogens is 458 g/mol. The first-order valence-corrected chi connectivity index (χ1v) is 12.3. The van der Waals surface area contributed by atoms with Gasteiger partial charge in [0.2, 0.25) is 0 Å². The third-order valence-corrected chi connectivity index (χ3v) is 7.02. The molecule has 1 aliphatic heterocycles. The molecule has 6 rings (SSSR count). The number of nitrogens with zero attached hydrogens (tertiary/aromatic N) is 7. The van der Waals surface area contributed by atoms with Crippen LogP contribution < -0.4 is 5.69 Å². The molecule has 5 aromatic rings. The molecule has 5 aromatic heterocycles. The van der Waals surface area contributed by atoms with Gasteiger partial charge in [-0.3, -0.25) is 9.25 Å². The molecule has 0 bridgehead atoms. The normalized spacial score (nSPS) is 20.5. The third kappa shape index (κ3) is 3.63. The Hall–Kier alpha value is -3.79. The number of aromatic nitrogens is 7. The van der Waals surface area contributed by atoms with Crippen LogP contribution in [0.3, 0.4) is 0 Å². The van der Waals surface area contributed by atoms with Crippen molar-refractivity contribution in [3.8, 4) is 22.6 Å². The molecular formula is C26H29N7O3. The predicted molar refractivity (Wildman–Crippen MR) is 136 cm³/mol. The lowest BCUT2D eigenvalue weighted by Gasteiger charge is -2.34. The second kappa shape index (κ2) is 8.41. The van der Waals surface area contributed by atoms with E-state index >= 15 is 0 Å². The summed E-state index contributed by atoms with van der Waals surface area (Å²) >= 11 is 0. The van der Waals surface area contributed by atoms with Gasteiger partial charge in [0.25, 0.3) is 0 Å². The fourth-order valence-electron chi connectivity index (χ4n) is 5.38. The van der Waals surface area contributed by atoms with Crippen LogP contribution in [-0.2, 0) is 18.8 Å². The second-order valence-electron chi connectivity index (χ2n) is 9.79. The molecule has 10 heteroatoms. The minimum atomic E-state index is -0.299. The molecule has 0 unspecified atom stereocenters. The molecule has 0 aromatic carbocycles. The van der Waals surface area contributed by atoms with Crippen molar-refractivity contribution in [1.29, 1.82) is 0 Å². The second-order valence-corrected chi connectivity index (χ2v) is 9.79. The largest absolute Gasteiger partial charge is 0.450 e. The number of furan rings is 1. The van der Waals surface area contributed by atoms with Gasteiger partial charge in [0.1, 0.15) is 16.9 Å². The van der Waals surface area contributed by atoms with Gasteiger partial charge in [-0.2, -0.15) is 10.1 Å². The molecule has 0 aliphatic carbocycles. The van der Waals surface area contributed by atoms with E-state index in [0.717, 1.165) is 52.8 Å². The Balaban J connectivity index is 1.68. The summed E-state index contributed by atoms with van der Waals surface area (Å²) in [4.78, 5) is 27.5. The molecule has 0 radical (unpaired) electrons. The summed E-state index contributed by atoms with van der Waals surface area (Å²) in [5.41, 5.74) is 5.08. The summed E-state index contributed by atoms with van der Waals surface area (Å²) in [5, 5.41) is 5.12. The number of rotatable bonds is 4. The molecule has 1 saturated heterocycles. The fraction of sp³-hybridized carbons (Fsp3) is 0.423. The Morgan fingerprint density at radius 1 is 1.11 bits per heavy atom. The lowest BCUT2D eigenvalue weighted by atomic mass is 9.97. The highest BCUT2D eigenvalue weighted by Gasteiger charge is 2.32. The first kappa shape index (κ1) is 22.7. The van der Waals surface area contributed by atoms with E-state index in [1.165, 1.54) is 0 Å². The maximum absolute atomic E-state index is 13.7. The average molecular weight is 488 g/mol. The first-order chi connectivity index (χ1) is 17.3. The van der Waals surface area contributed by atoms with E-state index in [9.17, 15) is 4.79 Å². The number of ether oxygens (including phenoxy) is 1. The Labute approximate surface area is 207 Å². The molecule has 10 nitrogen and oxygen atoms in total. The molecule has 6 heterocycles. The smallest absolute Gasteiger partial charge is 0.349 e. The van der Waals surface area contributed by atoms with Crippen LogP contribution >= 0.6 is 0 Å². The molecule has 0 spiro atoms. The summed E-state index contributed by atoms with van der Waals surface area (Å²) in [6.07, 6.45) is 9.70. The molecule has 0 saturated carbocycles. The quantitative estimate of drug-likeness (QED) is 0.375. The molecule has 36 heavy (non-hydrogen) atoms. The van der Waals surface area contributed by atoms with Crippen LogP contribution in [0, 0.1) is 6.92 Å². The number of fused-ring (bicyclic) bond motifs is 3. The van der Waals surface area contributed by atoms with E-state index in [1.807, 2.05) is 48.6 Å². The number of imidazole rings is 1. The van der Waals surface area contributed by atoms with Gasteiger partial charge in [-0.15, -0.1) is 0 Å². The van der Waals surface area contributed by atoms with E-state index in [0.29, 0.717) is 16.9 Å². The summed E-state index contributed by atoms with van der Waals surface area (Å²) < 4.78 is 18.0. The maximum atomic E-state index is 13.7. The van der Waals surface area contributed by atoms with E-state index in [-0.39, 0.29) is 23.9 Å². The maximum Gasteiger partial charge on any atom is 0.349 e. The SMILES string of the molecule is CC[C@H]1C[C@@H](n2c(=O)nc(-c3cnn(C)c3)c3oc4c(C)nc(-c5cn(C)cn5)cc4c32)C[C@@H](C)O1. The van der Waals surface area contributed by atoms with Crippen LogP contribution in [-0.4, -0.2) is 46.1 Å². The predicted octanol–water partition coefficient (Wildman–Crippen LogP) is 4.17. The highest BCUT2D eigenvalue weighted by atomic mass is 16.5. The summed E-state index contributed by atoms with van der Waals surface area (Å²) in [5.74, 6) is 0. The van der Waals surface area contributed by atoms with Crippen molar-refractivity contribution >= 4 is 22.1 Å². The topological polar surface area (TPSA) is 106 Å². The van der Waals surface area contributed by atoms with Crippen LogP contribution in [0.15, 0.2) is 40.2 Å². The van der Waals surface area contributed by atoms with Gasteiger partial charge in [0.15, 0.2) is 11.2 Å². The highest BCUT2D eigenvalue weighted by Crippen LogP contribution is 2.39. The Morgan fingerprint density at radius 3 is 2.64 bits per heavy atom. The zero-order chi connectivity index (χ0) is 25.1. The minimum absolute atomic E-state index is 0.0410. The third-order valence-electron chi connectivity index (χ3n) is 7.02. The van der Waals surface area contributed by atoms with Crippen molar-refractivity contribution in [2.45, 2.75) is 58.3 Å². The molecule has 0 amide bonds. The zero-order valence-corrected chi connectivity index (χ0v) is 21.1. The van der Waals surface area contributed by atoms with Crippen LogP contribution in [0.2, 0.25) is 0 Å². The van der Waals surface area contributed by atoms with E-state index in [2.05, 4.69) is 28.9 Å². The highest BCUT2D eigenvalue weighted by molar-refractivity contribution is 6.08. The van der Waals surface area contributed by atoms with Gasteiger partial charge >= 0.3 is 5.69 Å². The van der Waals surface area contributed by atoms with Crippen molar-refractivity contribution in [1.82, 2.24) is 33.9 Å². The number of hydrogen-bond acceptors (Lipinski definition) is 7.